The Morgan fingerprint density at radius 1 is 1.40 bits per heavy atom. The number of halogens is 1. The van der Waals surface area contributed by atoms with Crippen LogP contribution in [0.2, 0.25) is 0 Å². The van der Waals surface area contributed by atoms with Crippen molar-refractivity contribution in [3.05, 3.63) is 39.6 Å². The highest BCUT2D eigenvalue weighted by atomic mass is 32.1. The molecule has 0 bridgehead atoms. The van der Waals surface area contributed by atoms with Gasteiger partial charge in [0.25, 0.3) is 0 Å². The van der Waals surface area contributed by atoms with Gasteiger partial charge in [0, 0.05) is 17.1 Å². The number of benzene rings is 1. The molecule has 2 aromatic heterocycles. The minimum absolute atomic E-state index is 0.260. The summed E-state index contributed by atoms with van der Waals surface area (Å²) < 4.78 is 15.4. The fraction of sp³-hybridized carbons (Fsp3) is 0.286. The van der Waals surface area contributed by atoms with Crippen LogP contribution in [0, 0.1) is 12.7 Å². The van der Waals surface area contributed by atoms with Crippen LogP contribution < -0.4 is 5.73 Å². The molecule has 0 aliphatic carbocycles. The number of rotatable bonds is 3. The van der Waals surface area contributed by atoms with Crippen molar-refractivity contribution in [3.63, 3.8) is 0 Å². The average Bonchev–Trinajstić information content (AvgIpc) is 2.98. The summed E-state index contributed by atoms with van der Waals surface area (Å²) in [6, 6.07) is 3.21. The van der Waals surface area contributed by atoms with Crippen LogP contribution in [0.15, 0.2) is 18.3 Å². The molecule has 0 atom stereocenters. The Balaban J connectivity index is 2.06. The molecule has 2 N–H and O–H groups in total. The Kier molecular flexibility index (Phi) is 3.17. The van der Waals surface area contributed by atoms with E-state index in [1.807, 2.05) is 10.8 Å². The summed E-state index contributed by atoms with van der Waals surface area (Å²) in [6.07, 6.45) is 2.86. The highest BCUT2D eigenvalue weighted by molar-refractivity contribution is 7.11. The number of nitrogens with two attached hydrogens (primary N) is 1. The number of thiazole rings is 1. The molecule has 20 heavy (non-hydrogen) atoms. The second-order valence-electron chi connectivity index (χ2n) is 4.72. The Morgan fingerprint density at radius 3 is 2.90 bits per heavy atom. The van der Waals surface area contributed by atoms with E-state index in [9.17, 15) is 4.39 Å². The molecule has 6 heteroatoms. The van der Waals surface area contributed by atoms with Gasteiger partial charge in [-0.3, -0.25) is 0 Å². The van der Waals surface area contributed by atoms with Gasteiger partial charge in [-0.15, -0.1) is 11.3 Å². The van der Waals surface area contributed by atoms with E-state index in [2.05, 4.69) is 16.9 Å². The van der Waals surface area contributed by atoms with Gasteiger partial charge in [-0.25, -0.2) is 14.4 Å². The van der Waals surface area contributed by atoms with Crippen molar-refractivity contribution in [2.45, 2.75) is 26.8 Å². The molecule has 0 fully saturated rings. The Bertz CT molecular complexity index is 775. The quantitative estimate of drug-likeness (QED) is 0.806. The smallest absolute Gasteiger partial charge is 0.201 e. The van der Waals surface area contributed by atoms with Gasteiger partial charge < -0.3 is 10.3 Å². The number of aromatic nitrogens is 3. The predicted octanol–water partition coefficient (Wildman–Crippen LogP) is 3.13. The number of anilines is 1. The number of hydrogen-bond acceptors (Lipinski definition) is 4. The number of imidazole rings is 1. The Hall–Kier alpha value is -1.95. The first-order chi connectivity index (χ1) is 9.58. The maximum Gasteiger partial charge on any atom is 0.201 e. The molecular weight excluding hydrogens is 275 g/mol. The number of aryl methyl sites for hydroxylation is 2. The average molecular weight is 290 g/mol. The molecule has 0 spiro atoms. The third kappa shape index (κ3) is 2.16. The lowest BCUT2D eigenvalue weighted by Gasteiger charge is -2.04. The Labute approximate surface area is 120 Å². The summed E-state index contributed by atoms with van der Waals surface area (Å²) in [5, 5.41) is 0.981. The summed E-state index contributed by atoms with van der Waals surface area (Å²) in [7, 11) is 0. The van der Waals surface area contributed by atoms with E-state index in [-0.39, 0.29) is 5.82 Å². The monoisotopic (exact) mass is 290 g/mol. The van der Waals surface area contributed by atoms with Gasteiger partial charge in [0.05, 0.1) is 17.6 Å². The summed E-state index contributed by atoms with van der Waals surface area (Å²) in [4.78, 5) is 9.85. The maximum absolute atomic E-state index is 13.6. The van der Waals surface area contributed by atoms with Crippen LogP contribution in [-0.2, 0) is 13.0 Å². The molecule has 4 nitrogen and oxygen atoms in total. The molecule has 1 aromatic carbocycles. The van der Waals surface area contributed by atoms with Gasteiger partial charge in [-0.05, 0) is 25.0 Å². The van der Waals surface area contributed by atoms with Gasteiger partial charge in [-0.2, -0.15) is 0 Å². The van der Waals surface area contributed by atoms with E-state index in [4.69, 9.17) is 5.73 Å². The first-order valence-electron chi connectivity index (χ1n) is 6.44. The third-order valence-corrected chi connectivity index (χ3v) is 4.43. The molecule has 0 aliphatic heterocycles. The zero-order valence-corrected chi connectivity index (χ0v) is 12.2. The Morgan fingerprint density at radius 2 is 2.20 bits per heavy atom. The SMILES string of the molecule is CCc1cnc(Cn2c(N)nc3cc(F)c(C)cc32)s1. The molecule has 3 rings (SSSR count). The van der Waals surface area contributed by atoms with Crippen LogP contribution in [0.3, 0.4) is 0 Å². The summed E-state index contributed by atoms with van der Waals surface area (Å²) in [6.45, 7) is 4.41. The topological polar surface area (TPSA) is 56.7 Å². The van der Waals surface area contributed by atoms with E-state index in [1.165, 1.54) is 10.9 Å². The van der Waals surface area contributed by atoms with Gasteiger partial charge in [0.15, 0.2) is 0 Å². The van der Waals surface area contributed by atoms with Gasteiger partial charge in [-0.1, -0.05) is 6.92 Å². The van der Waals surface area contributed by atoms with Crippen molar-refractivity contribution in [3.8, 4) is 0 Å². The molecule has 0 amide bonds. The zero-order chi connectivity index (χ0) is 14.3. The van der Waals surface area contributed by atoms with Crippen LogP contribution in [0.5, 0.6) is 0 Å². The highest BCUT2D eigenvalue weighted by Gasteiger charge is 2.12. The van der Waals surface area contributed by atoms with E-state index >= 15 is 0 Å². The lowest BCUT2D eigenvalue weighted by atomic mass is 10.2. The standard InChI is InChI=1S/C14H15FN4S/c1-3-9-6-17-13(20-9)7-19-12-4-8(2)10(15)5-11(12)18-14(19)16/h4-6H,3,7H2,1-2H3,(H2,16,18). The van der Waals surface area contributed by atoms with E-state index in [0.717, 1.165) is 16.9 Å². The van der Waals surface area contributed by atoms with E-state index < -0.39 is 0 Å². The minimum Gasteiger partial charge on any atom is -0.369 e. The molecular formula is C14H15FN4S. The van der Waals surface area contributed by atoms with Crippen molar-refractivity contribution in [2.75, 3.05) is 5.73 Å². The predicted molar refractivity (Wildman–Crippen MR) is 79.4 cm³/mol. The largest absolute Gasteiger partial charge is 0.369 e. The summed E-state index contributed by atoms with van der Waals surface area (Å²) in [5.74, 6) is 0.128. The lowest BCUT2D eigenvalue weighted by molar-refractivity contribution is 0.620. The number of fused-ring (bicyclic) bond motifs is 1. The number of hydrogen-bond donors (Lipinski definition) is 1. The summed E-state index contributed by atoms with van der Waals surface area (Å²) >= 11 is 1.67. The third-order valence-electron chi connectivity index (χ3n) is 3.30. The number of nitrogens with zero attached hydrogens (tertiary/aromatic N) is 3. The van der Waals surface area contributed by atoms with Crippen molar-refractivity contribution in [2.24, 2.45) is 0 Å². The zero-order valence-electron chi connectivity index (χ0n) is 11.4. The fourth-order valence-electron chi connectivity index (χ4n) is 2.15. The van der Waals surface area contributed by atoms with Gasteiger partial charge in [0.2, 0.25) is 5.95 Å². The first kappa shape index (κ1) is 13.1. The molecule has 2 heterocycles. The molecule has 0 radical (unpaired) electrons. The fourth-order valence-corrected chi connectivity index (χ4v) is 3.01. The van der Waals surface area contributed by atoms with Crippen LogP contribution >= 0.6 is 11.3 Å². The normalized spacial score (nSPS) is 11.3. The maximum atomic E-state index is 13.6. The highest BCUT2D eigenvalue weighted by Crippen LogP contribution is 2.24. The second kappa shape index (κ2) is 4.86. The van der Waals surface area contributed by atoms with E-state index in [1.54, 1.807) is 24.3 Å². The molecule has 104 valence electrons. The van der Waals surface area contributed by atoms with Crippen molar-refractivity contribution in [1.82, 2.24) is 14.5 Å². The molecule has 3 aromatic rings. The minimum atomic E-state index is -0.260. The van der Waals surface area contributed by atoms with Gasteiger partial charge >= 0.3 is 0 Å². The first-order valence-corrected chi connectivity index (χ1v) is 7.25. The van der Waals surface area contributed by atoms with Crippen molar-refractivity contribution >= 4 is 28.3 Å². The lowest BCUT2D eigenvalue weighted by Crippen LogP contribution is -2.04. The van der Waals surface area contributed by atoms with Crippen molar-refractivity contribution < 1.29 is 4.39 Å². The van der Waals surface area contributed by atoms with Crippen LogP contribution in [0.1, 0.15) is 22.4 Å². The molecule has 0 aliphatic rings. The summed E-state index contributed by atoms with van der Waals surface area (Å²) in [5.41, 5.74) is 7.96. The number of nitrogen functional groups attached to an aromatic ring is 1. The molecule has 0 unspecified atom stereocenters. The van der Waals surface area contributed by atoms with Crippen LogP contribution in [0.4, 0.5) is 10.3 Å². The van der Waals surface area contributed by atoms with Crippen molar-refractivity contribution in [1.29, 1.82) is 0 Å². The van der Waals surface area contributed by atoms with Crippen LogP contribution in [0.25, 0.3) is 11.0 Å². The van der Waals surface area contributed by atoms with E-state index in [0.29, 0.717) is 23.6 Å². The van der Waals surface area contributed by atoms with Gasteiger partial charge in [0.1, 0.15) is 10.8 Å². The second-order valence-corrected chi connectivity index (χ2v) is 5.92. The molecule has 0 saturated heterocycles. The van der Waals surface area contributed by atoms with Crippen LogP contribution in [-0.4, -0.2) is 14.5 Å². The molecule has 0 saturated carbocycles.